The van der Waals surface area contributed by atoms with Gasteiger partial charge < -0.3 is 19.1 Å². The molecule has 21 heavy (non-hydrogen) atoms. The quantitative estimate of drug-likeness (QED) is 0.778. The highest BCUT2D eigenvalue weighted by Crippen LogP contribution is 2.33. The standard InChI is InChI=1S/C15H27N3O3/c1-20-9-5-15(12-19)4-3-7-17(11-15)10-14-16-6-8-18(14)13-21-2/h6,8,19H,3-5,7,9-13H2,1-2H3/t15-/m1/s1. The van der Waals surface area contributed by atoms with Crippen LogP contribution in [0.25, 0.3) is 0 Å². The Morgan fingerprint density at radius 1 is 1.38 bits per heavy atom. The van der Waals surface area contributed by atoms with Gasteiger partial charge in [-0.15, -0.1) is 0 Å². The molecule has 1 N–H and O–H groups in total. The van der Waals surface area contributed by atoms with Crippen LogP contribution >= 0.6 is 0 Å². The molecule has 0 saturated carbocycles. The highest BCUT2D eigenvalue weighted by Gasteiger charge is 2.34. The second kappa shape index (κ2) is 7.89. The maximum atomic E-state index is 9.83. The van der Waals surface area contributed by atoms with Crippen LogP contribution in [0.3, 0.4) is 0 Å². The lowest BCUT2D eigenvalue weighted by molar-refractivity contribution is 0.00296. The van der Waals surface area contributed by atoms with Crippen molar-refractivity contribution in [3.05, 3.63) is 18.2 Å². The average molecular weight is 297 g/mol. The van der Waals surface area contributed by atoms with Crippen molar-refractivity contribution >= 4 is 0 Å². The Labute approximate surface area is 126 Å². The number of ether oxygens (including phenoxy) is 2. The summed E-state index contributed by atoms with van der Waals surface area (Å²) < 4.78 is 12.4. The van der Waals surface area contributed by atoms with Crippen LogP contribution in [-0.4, -0.2) is 60.1 Å². The lowest BCUT2D eigenvalue weighted by atomic mass is 9.78. The Morgan fingerprint density at radius 2 is 2.24 bits per heavy atom. The summed E-state index contributed by atoms with van der Waals surface area (Å²) in [6.07, 6.45) is 6.82. The van der Waals surface area contributed by atoms with Gasteiger partial charge in [-0.25, -0.2) is 4.98 Å². The highest BCUT2D eigenvalue weighted by atomic mass is 16.5. The Kier molecular flexibility index (Phi) is 6.17. The molecule has 1 saturated heterocycles. The van der Waals surface area contributed by atoms with E-state index >= 15 is 0 Å². The topological polar surface area (TPSA) is 59.8 Å². The van der Waals surface area contributed by atoms with Gasteiger partial charge in [0.25, 0.3) is 0 Å². The van der Waals surface area contributed by atoms with E-state index in [9.17, 15) is 5.11 Å². The van der Waals surface area contributed by atoms with E-state index < -0.39 is 0 Å². The molecule has 6 heteroatoms. The van der Waals surface area contributed by atoms with Gasteiger partial charge in [0.15, 0.2) is 0 Å². The summed E-state index contributed by atoms with van der Waals surface area (Å²) in [6, 6.07) is 0. The molecule has 0 aliphatic carbocycles. The van der Waals surface area contributed by atoms with Gasteiger partial charge in [-0.1, -0.05) is 0 Å². The summed E-state index contributed by atoms with van der Waals surface area (Å²) >= 11 is 0. The van der Waals surface area contributed by atoms with E-state index in [2.05, 4.69) is 9.88 Å². The predicted octanol–water partition coefficient (Wildman–Crippen LogP) is 1.10. The molecule has 0 spiro atoms. The van der Waals surface area contributed by atoms with E-state index in [1.54, 1.807) is 14.2 Å². The molecular formula is C15H27N3O3. The van der Waals surface area contributed by atoms with Crippen LogP contribution in [0.4, 0.5) is 0 Å². The van der Waals surface area contributed by atoms with Crippen LogP contribution in [0.15, 0.2) is 12.4 Å². The summed E-state index contributed by atoms with van der Waals surface area (Å²) in [7, 11) is 3.40. The summed E-state index contributed by atoms with van der Waals surface area (Å²) in [5.74, 6) is 1.01. The number of nitrogens with zero attached hydrogens (tertiary/aromatic N) is 3. The summed E-state index contributed by atoms with van der Waals surface area (Å²) in [5.41, 5.74) is -0.0348. The van der Waals surface area contributed by atoms with Crippen LogP contribution in [0.5, 0.6) is 0 Å². The van der Waals surface area contributed by atoms with E-state index in [-0.39, 0.29) is 12.0 Å². The van der Waals surface area contributed by atoms with Gasteiger partial charge in [0.2, 0.25) is 0 Å². The van der Waals surface area contributed by atoms with Crippen molar-refractivity contribution in [2.24, 2.45) is 5.41 Å². The Hall–Kier alpha value is -0.950. The number of imidazole rings is 1. The molecule has 0 aromatic carbocycles. The molecule has 6 nitrogen and oxygen atoms in total. The lowest BCUT2D eigenvalue weighted by Crippen LogP contribution is -2.45. The van der Waals surface area contributed by atoms with Crippen molar-refractivity contribution in [1.82, 2.24) is 14.5 Å². The van der Waals surface area contributed by atoms with Gasteiger partial charge in [-0.05, 0) is 25.8 Å². The molecule has 0 bridgehead atoms. The largest absolute Gasteiger partial charge is 0.396 e. The average Bonchev–Trinajstić information content (AvgIpc) is 2.93. The van der Waals surface area contributed by atoms with Gasteiger partial charge in [0.05, 0.1) is 13.2 Å². The molecule has 1 atom stereocenters. The molecule has 1 aromatic rings. The Balaban J connectivity index is 1.98. The summed E-state index contributed by atoms with van der Waals surface area (Å²) in [6.45, 7) is 4.19. The third-order valence-electron chi connectivity index (χ3n) is 4.35. The fourth-order valence-corrected chi connectivity index (χ4v) is 3.12. The van der Waals surface area contributed by atoms with E-state index in [1.807, 2.05) is 17.0 Å². The number of aromatic nitrogens is 2. The molecule has 1 aliphatic heterocycles. The molecule has 2 rings (SSSR count). The van der Waals surface area contributed by atoms with Gasteiger partial charge in [0.1, 0.15) is 12.6 Å². The van der Waals surface area contributed by atoms with E-state index in [0.29, 0.717) is 13.3 Å². The van der Waals surface area contributed by atoms with Gasteiger partial charge in [0, 0.05) is 45.2 Å². The zero-order chi connectivity index (χ0) is 15.1. The van der Waals surface area contributed by atoms with Crippen LogP contribution < -0.4 is 0 Å². The number of hydrogen-bond acceptors (Lipinski definition) is 5. The molecule has 0 radical (unpaired) electrons. The second-order valence-corrected chi connectivity index (χ2v) is 5.95. The normalized spacial score (nSPS) is 23.6. The first kappa shape index (κ1) is 16.4. The zero-order valence-corrected chi connectivity index (χ0v) is 13.1. The fourth-order valence-electron chi connectivity index (χ4n) is 3.12. The molecular weight excluding hydrogens is 270 g/mol. The maximum absolute atomic E-state index is 9.83. The summed E-state index contributed by atoms with van der Waals surface area (Å²) in [5, 5.41) is 9.83. The predicted molar refractivity (Wildman–Crippen MR) is 79.8 cm³/mol. The SMILES string of the molecule is COCC[C@]1(CO)CCCN(Cc2nccn2COC)C1. The van der Waals surface area contributed by atoms with Gasteiger partial charge >= 0.3 is 0 Å². The first-order chi connectivity index (χ1) is 10.2. The molecule has 1 fully saturated rings. The minimum atomic E-state index is -0.0348. The van der Waals surface area contributed by atoms with Crippen LogP contribution in [0.1, 0.15) is 25.1 Å². The van der Waals surface area contributed by atoms with Crippen LogP contribution in [-0.2, 0) is 22.7 Å². The number of methoxy groups -OCH3 is 2. The zero-order valence-electron chi connectivity index (χ0n) is 13.1. The Morgan fingerprint density at radius 3 is 2.95 bits per heavy atom. The van der Waals surface area contributed by atoms with Crippen LogP contribution in [0.2, 0.25) is 0 Å². The molecule has 120 valence electrons. The molecule has 0 amide bonds. The third-order valence-corrected chi connectivity index (χ3v) is 4.35. The fraction of sp³-hybridized carbons (Fsp3) is 0.800. The van der Waals surface area contributed by atoms with E-state index in [0.717, 1.165) is 44.7 Å². The number of rotatable bonds is 8. The van der Waals surface area contributed by atoms with E-state index in [1.165, 1.54) is 0 Å². The maximum Gasteiger partial charge on any atom is 0.124 e. The minimum Gasteiger partial charge on any atom is -0.396 e. The van der Waals surface area contributed by atoms with Crippen molar-refractivity contribution in [3.8, 4) is 0 Å². The van der Waals surface area contributed by atoms with Crippen molar-refractivity contribution < 1.29 is 14.6 Å². The smallest absolute Gasteiger partial charge is 0.124 e. The first-order valence-corrected chi connectivity index (χ1v) is 7.54. The molecule has 0 unspecified atom stereocenters. The second-order valence-electron chi connectivity index (χ2n) is 5.95. The third kappa shape index (κ3) is 4.26. The Bertz CT molecular complexity index is 424. The number of aliphatic hydroxyl groups is 1. The van der Waals surface area contributed by atoms with E-state index in [4.69, 9.17) is 9.47 Å². The molecule has 2 heterocycles. The van der Waals surface area contributed by atoms with Gasteiger partial charge in [-0.2, -0.15) is 0 Å². The monoisotopic (exact) mass is 297 g/mol. The van der Waals surface area contributed by atoms with Gasteiger partial charge in [-0.3, -0.25) is 4.90 Å². The number of likely N-dealkylation sites (tertiary alicyclic amines) is 1. The number of hydrogen-bond donors (Lipinski definition) is 1. The minimum absolute atomic E-state index is 0.0348. The van der Waals surface area contributed by atoms with Crippen molar-refractivity contribution in [3.63, 3.8) is 0 Å². The lowest BCUT2D eigenvalue weighted by Gasteiger charge is -2.41. The van der Waals surface area contributed by atoms with Crippen molar-refractivity contribution in [2.75, 3.05) is 40.5 Å². The van der Waals surface area contributed by atoms with Crippen molar-refractivity contribution in [1.29, 1.82) is 0 Å². The van der Waals surface area contributed by atoms with Crippen molar-refractivity contribution in [2.45, 2.75) is 32.5 Å². The highest BCUT2D eigenvalue weighted by molar-refractivity contribution is 4.94. The first-order valence-electron chi connectivity index (χ1n) is 7.54. The molecule has 1 aromatic heterocycles. The van der Waals surface area contributed by atoms with Crippen LogP contribution in [0, 0.1) is 5.41 Å². The number of piperidine rings is 1. The molecule has 1 aliphatic rings. The number of aliphatic hydroxyl groups excluding tert-OH is 1. The summed E-state index contributed by atoms with van der Waals surface area (Å²) in [4.78, 5) is 6.80.